The highest BCUT2D eigenvalue weighted by Crippen LogP contribution is 2.07. The van der Waals surface area contributed by atoms with E-state index in [9.17, 15) is 0 Å². The smallest absolute Gasteiger partial charge is 0.119 e. The Hall–Kier alpha value is -1.74. The van der Waals surface area contributed by atoms with Crippen molar-refractivity contribution in [1.82, 2.24) is 5.32 Å². The van der Waals surface area contributed by atoms with Crippen molar-refractivity contribution in [3.8, 4) is 5.75 Å². The van der Waals surface area contributed by atoms with E-state index in [4.69, 9.17) is 9.15 Å². The molecular weight excluding hydrogens is 202 g/mol. The third-order valence-electron chi connectivity index (χ3n) is 2.17. The number of rotatable bonds is 6. The van der Waals surface area contributed by atoms with Crippen molar-refractivity contribution >= 4 is 0 Å². The summed E-state index contributed by atoms with van der Waals surface area (Å²) < 4.78 is 10.7. The van der Waals surface area contributed by atoms with Gasteiger partial charge in [-0.3, -0.25) is 0 Å². The SMILES string of the molecule is c1ccc(OCCNCc2ccco2)cc1. The van der Waals surface area contributed by atoms with Crippen LogP contribution in [-0.4, -0.2) is 13.2 Å². The lowest BCUT2D eigenvalue weighted by Crippen LogP contribution is -2.20. The number of para-hydroxylation sites is 1. The predicted octanol–water partition coefficient (Wildman–Crippen LogP) is 2.45. The van der Waals surface area contributed by atoms with Crippen LogP contribution in [0.3, 0.4) is 0 Å². The largest absolute Gasteiger partial charge is 0.492 e. The summed E-state index contributed by atoms with van der Waals surface area (Å²) in [7, 11) is 0. The van der Waals surface area contributed by atoms with Crippen LogP contribution in [0.2, 0.25) is 0 Å². The first kappa shape index (κ1) is 10.8. The summed E-state index contributed by atoms with van der Waals surface area (Å²) in [6.45, 7) is 2.20. The first-order valence-electron chi connectivity index (χ1n) is 5.36. The Morgan fingerprint density at radius 1 is 1.06 bits per heavy atom. The van der Waals surface area contributed by atoms with Gasteiger partial charge in [0.05, 0.1) is 12.8 Å². The lowest BCUT2D eigenvalue weighted by Gasteiger charge is -2.06. The number of hydrogen-bond acceptors (Lipinski definition) is 3. The highest BCUT2D eigenvalue weighted by atomic mass is 16.5. The highest BCUT2D eigenvalue weighted by molar-refractivity contribution is 5.20. The van der Waals surface area contributed by atoms with Gasteiger partial charge in [-0.1, -0.05) is 18.2 Å². The fourth-order valence-corrected chi connectivity index (χ4v) is 1.38. The molecular formula is C13H15NO2. The molecule has 0 atom stereocenters. The van der Waals surface area contributed by atoms with Crippen LogP contribution >= 0.6 is 0 Å². The number of hydrogen-bond donors (Lipinski definition) is 1. The molecule has 0 saturated heterocycles. The quantitative estimate of drug-likeness (QED) is 0.755. The van der Waals surface area contributed by atoms with Gasteiger partial charge in [-0.05, 0) is 24.3 Å². The standard InChI is InChI=1S/C13H15NO2/c1-2-5-12(6-3-1)16-10-8-14-11-13-7-4-9-15-13/h1-7,9,14H,8,10-11H2. The summed E-state index contributed by atoms with van der Waals surface area (Å²) in [5.41, 5.74) is 0. The van der Waals surface area contributed by atoms with Gasteiger partial charge in [-0.15, -0.1) is 0 Å². The van der Waals surface area contributed by atoms with E-state index >= 15 is 0 Å². The van der Waals surface area contributed by atoms with Gasteiger partial charge in [0, 0.05) is 6.54 Å². The van der Waals surface area contributed by atoms with Gasteiger partial charge in [0.2, 0.25) is 0 Å². The summed E-state index contributed by atoms with van der Waals surface area (Å²) >= 11 is 0. The maximum atomic E-state index is 5.53. The van der Waals surface area contributed by atoms with E-state index in [2.05, 4.69) is 5.32 Å². The molecule has 16 heavy (non-hydrogen) atoms. The molecule has 0 bridgehead atoms. The molecule has 0 unspecified atom stereocenters. The Kier molecular flexibility index (Phi) is 4.02. The molecule has 84 valence electrons. The molecule has 1 aromatic heterocycles. The lowest BCUT2D eigenvalue weighted by molar-refractivity contribution is 0.311. The van der Waals surface area contributed by atoms with Crippen molar-refractivity contribution < 1.29 is 9.15 Å². The monoisotopic (exact) mass is 217 g/mol. The van der Waals surface area contributed by atoms with Crippen molar-refractivity contribution in [2.45, 2.75) is 6.54 Å². The third-order valence-corrected chi connectivity index (χ3v) is 2.17. The van der Waals surface area contributed by atoms with Crippen LogP contribution in [0.1, 0.15) is 5.76 Å². The topological polar surface area (TPSA) is 34.4 Å². The van der Waals surface area contributed by atoms with E-state index in [1.165, 1.54) is 0 Å². The summed E-state index contributed by atoms with van der Waals surface area (Å²) in [5.74, 6) is 1.85. The van der Waals surface area contributed by atoms with E-state index in [-0.39, 0.29) is 0 Å². The fraction of sp³-hybridized carbons (Fsp3) is 0.231. The van der Waals surface area contributed by atoms with Gasteiger partial charge >= 0.3 is 0 Å². The number of ether oxygens (including phenoxy) is 1. The van der Waals surface area contributed by atoms with Gasteiger partial charge in [-0.25, -0.2) is 0 Å². The second-order valence-electron chi connectivity index (χ2n) is 3.42. The minimum atomic E-state index is 0.657. The van der Waals surface area contributed by atoms with E-state index in [1.807, 2.05) is 42.5 Å². The van der Waals surface area contributed by atoms with E-state index in [0.717, 1.165) is 24.6 Å². The first-order chi connectivity index (χ1) is 7.95. The molecule has 2 aromatic rings. The Bertz CT molecular complexity index is 384. The fourth-order valence-electron chi connectivity index (χ4n) is 1.38. The second kappa shape index (κ2) is 5.98. The van der Waals surface area contributed by atoms with Crippen LogP contribution in [0.4, 0.5) is 0 Å². The van der Waals surface area contributed by atoms with Crippen LogP contribution in [0, 0.1) is 0 Å². The molecule has 0 spiro atoms. The van der Waals surface area contributed by atoms with Crippen molar-refractivity contribution in [1.29, 1.82) is 0 Å². The zero-order chi connectivity index (χ0) is 11.1. The van der Waals surface area contributed by atoms with E-state index < -0.39 is 0 Å². The molecule has 0 aliphatic carbocycles. The first-order valence-corrected chi connectivity index (χ1v) is 5.36. The normalized spacial score (nSPS) is 10.2. The summed E-state index contributed by atoms with van der Waals surface area (Å²) in [4.78, 5) is 0. The van der Waals surface area contributed by atoms with Gasteiger partial charge in [0.25, 0.3) is 0 Å². The molecule has 1 N–H and O–H groups in total. The molecule has 3 nitrogen and oxygen atoms in total. The Balaban J connectivity index is 1.59. The van der Waals surface area contributed by atoms with Gasteiger partial charge in [-0.2, -0.15) is 0 Å². The molecule has 0 fully saturated rings. The van der Waals surface area contributed by atoms with Crippen LogP contribution < -0.4 is 10.1 Å². The molecule has 0 aliphatic heterocycles. The van der Waals surface area contributed by atoms with Crippen LogP contribution in [0.15, 0.2) is 53.1 Å². The minimum Gasteiger partial charge on any atom is -0.492 e. The van der Waals surface area contributed by atoms with Crippen LogP contribution in [0.25, 0.3) is 0 Å². The summed E-state index contributed by atoms with van der Waals surface area (Å²) in [6.07, 6.45) is 1.68. The number of furan rings is 1. The zero-order valence-corrected chi connectivity index (χ0v) is 9.06. The molecule has 0 amide bonds. The summed E-state index contributed by atoms with van der Waals surface area (Å²) in [6, 6.07) is 13.6. The highest BCUT2D eigenvalue weighted by Gasteiger charge is 1.94. The molecule has 1 heterocycles. The number of benzene rings is 1. The Morgan fingerprint density at radius 3 is 2.69 bits per heavy atom. The van der Waals surface area contributed by atoms with Gasteiger partial charge in [0.15, 0.2) is 0 Å². The molecule has 0 saturated carbocycles. The summed E-state index contributed by atoms with van der Waals surface area (Å²) in [5, 5.41) is 3.24. The van der Waals surface area contributed by atoms with Crippen LogP contribution in [-0.2, 0) is 6.54 Å². The molecule has 0 aliphatic rings. The predicted molar refractivity (Wildman–Crippen MR) is 62.4 cm³/mol. The average Bonchev–Trinajstić information content (AvgIpc) is 2.83. The van der Waals surface area contributed by atoms with Crippen molar-refractivity contribution in [3.05, 3.63) is 54.5 Å². The average molecular weight is 217 g/mol. The van der Waals surface area contributed by atoms with Crippen molar-refractivity contribution in [2.75, 3.05) is 13.2 Å². The molecule has 3 heteroatoms. The Labute approximate surface area is 95.0 Å². The van der Waals surface area contributed by atoms with Gasteiger partial charge in [0.1, 0.15) is 18.1 Å². The minimum absolute atomic E-state index is 0.657. The van der Waals surface area contributed by atoms with E-state index in [0.29, 0.717) is 6.61 Å². The van der Waals surface area contributed by atoms with Crippen LogP contribution in [0.5, 0.6) is 5.75 Å². The molecule has 1 aromatic carbocycles. The van der Waals surface area contributed by atoms with Gasteiger partial charge < -0.3 is 14.5 Å². The van der Waals surface area contributed by atoms with E-state index in [1.54, 1.807) is 6.26 Å². The molecule has 0 radical (unpaired) electrons. The Morgan fingerprint density at radius 2 is 1.94 bits per heavy atom. The van der Waals surface area contributed by atoms with Crippen molar-refractivity contribution in [3.63, 3.8) is 0 Å². The lowest BCUT2D eigenvalue weighted by atomic mass is 10.3. The second-order valence-corrected chi connectivity index (χ2v) is 3.42. The maximum absolute atomic E-state index is 5.53. The number of nitrogens with one attached hydrogen (secondary N) is 1. The maximum Gasteiger partial charge on any atom is 0.119 e. The molecule has 2 rings (SSSR count). The zero-order valence-electron chi connectivity index (χ0n) is 9.06. The van der Waals surface area contributed by atoms with Crippen molar-refractivity contribution in [2.24, 2.45) is 0 Å². The third kappa shape index (κ3) is 3.44.